The second-order valence-corrected chi connectivity index (χ2v) is 6.81. The van der Waals surface area contributed by atoms with E-state index in [0.29, 0.717) is 18.9 Å². The average Bonchev–Trinajstić information content (AvgIpc) is 3.36. The molecule has 0 bridgehead atoms. The Morgan fingerprint density at radius 3 is 2.71 bits per heavy atom. The van der Waals surface area contributed by atoms with Gasteiger partial charge < -0.3 is 4.90 Å². The smallest absolute Gasteiger partial charge is 0.291 e. The largest absolute Gasteiger partial charge is 0.333 e. The Bertz CT molecular complexity index is 788. The first-order valence-electron chi connectivity index (χ1n) is 7.75. The minimum atomic E-state index is -0.0789. The highest BCUT2D eigenvalue weighted by atomic mass is 32.1. The molecule has 1 fully saturated rings. The summed E-state index contributed by atoms with van der Waals surface area (Å²) in [6, 6.07) is 6.26. The van der Waals surface area contributed by atoms with Crippen LogP contribution in [-0.4, -0.2) is 67.3 Å². The lowest BCUT2D eigenvalue weighted by molar-refractivity contribution is 0.0618. The molecule has 0 saturated carbocycles. The van der Waals surface area contributed by atoms with Crippen molar-refractivity contribution in [2.75, 3.05) is 26.2 Å². The molecule has 1 amide bonds. The molecule has 1 aliphatic rings. The van der Waals surface area contributed by atoms with Crippen LogP contribution < -0.4 is 0 Å². The predicted octanol–water partition coefficient (Wildman–Crippen LogP) is 1.21. The van der Waals surface area contributed by atoms with Crippen LogP contribution in [0.25, 0.3) is 10.6 Å². The van der Waals surface area contributed by atoms with Crippen molar-refractivity contribution in [3.05, 3.63) is 41.4 Å². The van der Waals surface area contributed by atoms with Gasteiger partial charge in [0.2, 0.25) is 5.82 Å². The SMILES string of the molecule is O=C(c1ncn[nH]1)N1CCN(Cc2ccc(-c3ccn[nH]3)s2)CC1. The summed E-state index contributed by atoms with van der Waals surface area (Å²) in [7, 11) is 0. The van der Waals surface area contributed by atoms with Crippen LogP contribution in [0.3, 0.4) is 0 Å². The van der Waals surface area contributed by atoms with E-state index in [1.54, 1.807) is 17.5 Å². The van der Waals surface area contributed by atoms with Gasteiger partial charge in [0, 0.05) is 43.8 Å². The van der Waals surface area contributed by atoms with Crippen molar-refractivity contribution in [1.82, 2.24) is 35.2 Å². The highest BCUT2D eigenvalue weighted by Crippen LogP contribution is 2.27. The number of amides is 1. The maximum absolute atomic E-state index is 12.2. The number of carbonyl (C=O) groups excluding carboxylic acids is 1. The van der Waals surface area contributed by atoms with E-state index in [4.69, 9.17) is 0 Å². The van der Waals surface area contributed by atoms with Gasteiger partial charge in [-0.3, -0.25) is 19.9 Å². The second kappa shape index (κ2) is 6.54. The van der Waals surface area contributed by atoms with Crippen LogP contribution in [0.5, 0.6) is 0 Å². The van der Waals surface area contributed by atoms with E-state index >= 15 is 0 Å². The second-order valence-electron chi connectivity index (χ2n) is 5.64. The fraction of sp³-hybridized carbons (Fsp3) is 0.333. The Labute approximate surface area is 142 Å². The summed E-state index contributed by atoms with van der Waals surface area (Å²) in [5, 5.41) is 13.3. The number of aromatic nitrogens is 5. The number of H-pyrrole nitrogens is 2. The lowest BCUT2D eigenvalue weighted by Gasteiger charge is -2.33. The lowest BCUT2D eigenvalue weighted by atomic mass is 10.3. The van der Waals surface area contributed by atoms with E-state index < -0.39 is 0 Å². The number of carbonyl (C=O) groups is 1. The Morgan fingerprint density at radius 1 is 1.12 bits per heavy atom. The Hall–Kier alpha value is -2.52. The zero-order chi connectivity index (χ0) is 16.4. The average molecular weight is 343 g/mol. The van der Waals surface area contributed by atoms with Crippen molar-refractivity contribution in [2.45, 2.75) is 6.54 Å². The van der Waals surface area contributed by atoms with Crippen molar-refractivity contribution in [1.29, 1.82) is 0 Å². The van der Waals surface area contributed by atoms with E-state index in [1.807, 2.05) is 11.0 Å². The standard InChI is InChI=1S/C15H17N7OS/c23-15(14-16-10-18-20-14)22-7-5-21(6-8-22)9-11-1-2-13(24-11)12-3-4-17-19-12/h1-4,10H,5-9H2,(H,17,19)(H,16,18,20). The zero-order valence-corrected chi connectivity index (χ0v) is 13.8. The fourth-order valence-corrected chi connectivity index (χ4v) is 3.81. The molecule has 1 aliphatic heterocycles. The Morgan fingerprint density at radius 2 is 2.00 bits per heavy atom. The first-order chi connectivity index (χ1) is 11.8. The minimum Gasteiger partial charge on any atom is -0.333 e. The van der Waals surface area contributed by atoms with Crippen molar-refractivity contribution >= 4 is 17.2 Å². The predicted molar refractivity (Wildman–Crippen MR) is 89.5 cm³/mol. The van der Waals surface area contributed by atoms with Gasteiger partial charge in [-0.05, 0) is 18.2 Å². The number of aromatic amines is 2. The van der Waals surface area contributed by atoms with E-state index in [9.17, 15) is 4.79 Å². The molecule has 8 nitrogen and oxygen atoms in total. The number of thiophene rings is 1. The van der Waals surface area contributed by atoms with Crippen LogP contribution in [-0.2, 0) is 6.54 Å². The Kier molecular flexibility index (Phi) is 4.09. The van der Waals surface area contributed by atoms with Gasteiger partial charge in [-0.15, -0.1) is 11.3 Å². The number of piperazine rings is 1. The zero-order valence-electron chi connectivity index (χ0n) is 13.0. The topological polar surface area (TPSA) is 93.8 Å². The summed E-state index contributed by atoms with van der Waals surface area (Å²) in [5.74, 6) is 0.232. The molecule has 0 aliphatic carbocycles. The Balaban J connectivity index is 1.33. The van der Waals surface area contributed by atoms with Gasteiger partial charge in [0.05, 0.1) is 10.6 Å². The van der Waals surface area contributed by atoms with Crippen molar-refractivity contribution in [2.24, 2.45) is 0 Å². The molecule has 0 atom stereocenters. The van der Waals surface area contributed by atoms with Crippen LogP contribution in [0.1, 0.15) is 15.5 Å². The summed E-state index contributed by atoms with van der Waals surface area (Å²) < 4.78 is 0. The summed E-state index contributed by atoms with van der Waals surface area (Å²) in [6.07, 6.45) is 3.12. The molecule has 24 heavy (non-hydrogen) atoms. The molecule has 4 heterocycles. The molecule has 0 radical (unpaired) electrons. The van der Waals surface area contributed by atoms with Gasteiger partial charge in [0.25, 0.3) is 5.91 Å². The fourth-order valence-electron chi connectivity index (χ4n) is 2.79. The number of nitrogens with zero attached hydrogens (tertiary/aromatic N) is 5. The van der Waals surface area contributed by atoms with Crippen LogP contribution in [0, 0.1) is 0 Å². The third kappa shape index (κ3) is 3.08. The quantitative estimate of drug-likeness (QED) is 0.743. The maximum Gasteiger partial charge on any atom is 0.291 e. The minimum absolute atomic E-state index is 0.0789. The van der Waals surface area contributed by atoms with E-state index in [-0.39, 0.29) is 5.91 Å². The first kappa shape index (κ1) is 15.0. The van der Waals surface area contributed by atoms with E-state index in [0.717, 1.165) is 25.3 Å². The molecule has 124 valence electrons. The first-order valence-corrected chi connectivity index (χ1v) is 8.57. The van der Waals surface area contributed by atoms with Crippen LogP contribution in [0.15, 0.2) is 30.7 Å². The van der Waals surface area contributed by atoms with Gasteiger partial charge in [-0.2, -0.15) is 10.2 Å². The molecular formula is C15H17N7OS. The third-order valence-electron chi connectivity index (χ3n) is 4.08. The van der Waals surface area contributed by atoms with E-state index in [2.05, 4.69) is 42.4 Å². The molecule has 3 aromatic heterocycles. The monoisotopic (exact) mass is 343 g/mol. The van der Waals surface area contributed by atoms with Crippen LogP contribution >= 0.6 is 11.3 Å². The molecular weight excluding hydrogens is 326 g/mol. The van der Waals surface area contributed by atoms with Gasteiger partial charge in [0.1, 0.15) is 6.33 Å². The molecule has 2 N–H and O–H groups in total. The maximum atomic E-state index is 12.2. The molecule has 0 aromatic carbocycles. The van der Waals surface area contributed by atoms with Crippen LogP contribution in [0.4, 0.5) is 0 Å². The van der Waals surface area contributed by atoms with Crippen molar-refractivity contribution in [3.63, 3.8) is 0 Å². The van der Waals surface area contributed by atoms with Crippen LogP contribution in [0.2, 0.25) is 0 Å². The lowest BCUT2D eigenvalue weighted by Crippen LogP contribution is -2.48. The summed E-state index contributed by atoms with van der Waals surface area (Å²) in [6.45, 7) is 4.04. The van der Waals surface area contributed by atoms with E-state index in [1.165, 1.54) is 16.1 Å². The highest BCUT2D eigenvalue weighted by Gasteiger charge is 2.24. The number of hydrogen-bond donors (Lipinski definition) is 2. The number of rotatable bonds is 4. The van der Waals surface area contributed by atoms with Crippen molar-refractivity contribution in [3.8, 4) is 10.6 Å². The molecule has 0 unspecified atom stereocenters. The van der Waals surface area contributed by atoms with Gasteiger partial charge in [-0.25, -0.2) is 4.98 Å². The molecule has 4 rings (SSSR count). The molecule has 3 aromatic rings. The summed E-state index contributed by atoms with van der Waals surface area (Å²) in [4.78, 5) is 22.9. The molecule has 9 heteroatoms. The van der Waals surface area contributed by atoms with Crippen molar-refractivity contribution < 1.29 is 4.79 Å². The third-order valence-corrected chi connectivity index (χ3v) is 5.19. The molecule has 1 saturated heterocycles. The summed E-state index contributed by atoms with van der Waals surface area (Å²) >= 11 is 1.77. The van der Waals surface area contributed by atoms with Gasteiger partial charge >= 0.3 is 0 Å². The highest BCUT2D eigenvalue weighted by molar-refractivity contribution is 7.15. The number of hydrogen-bond acceptors (Lipinski definition) is 6. The van der Waals surface area contributed by atoms with Gasteiger partial charge in [-0.1, -0.05) is 0 Å². The summed E-state index contributed by atoms with van der Waals surface area (Å²) in [5.41, 5.74) is 1.05. The van der Waals surface area contributed by atoms with Gasteiger partial charge in [0.15, 0.2) is 0 Å². The number of nitrogens with one attached hydrogen (secondary N) is 2. The molecule has 0 spiro atoms. The normalized spacial score (nSPS) is 15.8.